The lowest BCUT2D eigenvalue weighted by Crippen LogP contribution is -2.50. The highest BCUT2D eigenvalue weighted by Gasteiger charge is 2.67. The average molecular weight is 509 g/mol. The minimum absolute atomic E-state index is 0.108. The second-order valence-corrected chi connectivity index (χ2v) is 10.0. The van der Waals surface area contributed by atoms with Crippen LogP contribution < -0.4 is 4.90 Å². The average Bonchev–Trinajstić information content (AvgIpc) is 3.01. The zero-order valence-corrected chi connectivity index (χ0v) is 18.4. The molecule has 0 spiro atoms. The van der Waals surface area contributed by atoms with Gasteiger partial charge in [0.15, 0.2) is 0 Å². The third kappa shape index (κ3) is 2.07. The van der Waals surface area contributed by atoms with Gasteiger partial charge in [-0.25, -0.2) is 4.90 Å². The third-order valence-electron chi connectivity index (χ3n) is 6.60. The molecule has 1 aliphatic heterocycles. The van der Waals surface area contributed by atoms with Crippen molar-refractivity contribution < 1.29 is 9.59 Å². The molecular weight excluding hydrogens is 494 g/mol. The van der Waals surface area contributed by atoms with Gasteiger partial charge in [-0.3, -0.25) is 9.59 Å². The molecule has 1 saturated heterocycles. The highest BCUT2D eigenvalue weighted by Crippen LogP contribution is 2.66. The molecule has 3 aromatic rings. The van der Waals surface area contributed by atoms with Crippen LogP contribution in [0.5, 0.6) is 0 Å². The first-order chi connectivity index (χ1) is 14.0. The van der Waals surface area contributed by atoms with Crippen LogP contribution >= 0.6 is 31.9 Å². The zero-order chi connectivity index (χ0) is 19.9. The lowest BCUT2D eigenvalue weighted by molar-refractivity contribution is -0.122. The minimum Gasteiger partial charge on any atom is -0.274 e. The first kappa shape index (κ1) is 17.6. The minimum atomic E-state index is -0.698. The van der Waals surface area contributed by atoms with Gasteiger partial charge < -0.3 is 0 Å². The Hall–Kier alpha value is -2.24. The smallest absolute Gasteiger partial charge is 0.239 e. The van der Waals surface area contributed by atoms with Crippen molar-refractivity contribution in [2.45, 2.75) is 10.2 Å². The van der Waals surface area contributed by atoms with Crippen LogP contribution in [0.4, 0.5) is 5.69 Å². The molecule has 29 heavy (non-hydrogen) atoms. The summed E-state index contributed by atoms with van der Waals surface area (Å²) in [5.41, 5.74) is 5.11. The van der Waals surface area contributed by atoms with Gasteiger partial charge in [-0.15, -0.1) is 0 Å². The van der Waals surface area contributed by atoms with Crippen molar-refractivity contribution in [3.05, 3.63) is 99.5 Å². The molecule has 0 unspecified atom stereocenters. The number of rotatable bonds is 1. The van der Waals surface area contributed by atoms with Gasteiger partial charge in [0, 0.05) is 10.4 Å². The van der Waals surface area contributed by atoms with Crippen molar-refractivity contribution in [3.63, 3.8) is 0 Å². The van der Waals surface area contributed by atoms with Crippen LogP contribution in [0.2, 0.25) is 0 Å². The summed E-state index contributed by atoms with van der Waals surface area (Å²) in [4.78, 5) is 28.8. The van der Waals surface area contributed by atoms with Crippen LogP contribution in [0.1, 0.15) is 28.2 Å². The van der Waals surface area contributed by atoms with Crippen molar-refractivity contribution in [2.75, 3.05) is 4.90 Å². The van der Waals surface area contributed by atoms with E-state index in [1.165, 1.54) is 4.90 Å². The Bertz CT molecular complexity index is 1160. The van der Waals surface area contributed by atoms with Crippen molar-refractivity contribution >= 4 is 49.4 Å². The largest absolute Gasteiger partial charge is 0.274 e. The topological polar surface area (TPSA) is 37.4 Å². The summed E-state index contributed by atoms with van der Waals surface area (Å²) in [6, 6.07) is 23.8. The van der Waals surface area contributed by atoms with Gasteiger partial charge in [0.05, 0.1) is 21.8 Å². The van der Waals surface area contributed by atoms with E-state index in [0.717, 1.165) is 26.7 Å². The quantitative estimate of drug-likeness (QED) is 0.328. The number of carbonyl (C=O) groups is 2. The molecule has 142 valence electrons. The fraction of sp³-hybridized carbons (Fsp3) is 0.167. The van der Waals surface area contributed by atoms with Gasteiger partial charge in [-0.1, -0.05) is 80.4 Å². The van der Waals surface area contributed by atoms with E-state index in [1.54, 1.807) is 0 Å². The molecule has 4 aliphatic rings. The summed E-state index contributed by atoms with van der Waals surface area (Å²) in [5.74, 6) is -1.22. The molecule has 2 amide bonds. The number of halogens is 2. The second kappa shape index (κ2) is 5.89. The normalized spacial score (nSPS) is 28.9. The Morgan fingerprint density at radius 1 is 0.759 bits per heavy atom. The fourth-order valence-electron chi connectivity index (χ4n) is 5.52. The van der Waals surface area contributed by atoms with E-state index in [0.29, 0.717) is 5.69 Å². The number of carbonyl (C=O) groups excluding carboxylic acids is 2. The van der Waals surface area contributed by atoms with Crippen molar-refractivity contribution in [3.8, 4) is 0 Å². The molecule has 0 radical (unpaired) electrons. The number of imide groups is 1. The number of hydrogen-bond donors (Lipinski definition) is 0. The molecular formula is C24H15Br2NO2. The summed E-state index contributed by atoms with van der Waals surface area (Å²) in [5, 5.41) is 0. The lowest BCUT2D eigenvalue weighted by Gasteiger charge is -2.51. The van der Waals surface area contributed by atoms with Gasteiger partial charge in [0.25, 0.3) is 0 Å². The van der Waals surface area contributed by atoms with E-state index in [2.05, 4.69) is 56.1 Å². The predicted octanol–water partition coefficient (Wildman–Crippen LogP) is 5.35. The molecule has 3 nitrogen and oxygen atoms in total. The summed E-state index contributed by atoms with van der Waals surface area (Å²) in [6.07, 6.45) is 0. The monoisotopic (exact) mass is 507 g/mol. The van der Waals surface area contributed by atoms with Crippen LogP contribution in [-0.4, -0.2) is 11.8 Å². The summed E-state index contributed by atoms with van der Waals surface area (Å²) < 4.78 is 0.214. The van der Waals surface area contributed by atoms with E-state index in [4.69, 9.17) is 0 Å². The van der Waals surface area contributed by atoms with E-state index in [1.807, 2.05) is 48.5 Å². The fourth-order valence-corrected chi connectivity index (χ4v) is 6.99. The molecule has 0 saturated carbocycles. The molecule has 2 atom stereocenters. The molecule has 3 aromatic carbocycles. The Balaban J connectivity index is 1.61. The van der Waals surface area contributed by atoms with Gasteiger partial charge in [-0.2, -0.15) is 0 Å². The predicted molar refractivity (Wildman–Crippen MR) is 118 cm³/mol. The standard InChI is InChI=1S/C24H15Br2NO2/c25-13-9-11-14(12-10-13)27-22(28)20-19-15-5-1-3-7-17(15)24(26,21(20)23(27)29)18-8-4-2-6-16(18)19/h1-12,19-21H/t19?,20-,21+,24?/m0/s1. The van der Waals surface area contributed by atoms with E-state index >= 15 is 0 Å². The molecule has 2 bridgehead atoms. The number of hydrogen-bond acceptors (Lipinski definition) is 2. The Morgan fingerprint density at radius 3 is 1.90 bits per heavy atom. The van der Waals surface area contributed by atoms with Crippen LogP contribution in [0.25, 0.3) is 0 Å². The van der Waals surface area contributed by atoms with Gasteiger partial charge in [-0.05, 0) is 46.5 Å². The van der Waals surface area contributed by atoms with E-state index in [9.17, 15) is 9.59 Å². The molecule has 3 aliphatic carbocycles. The van der Waals surface area contributed by atoms with Crippen LogP contribution in [0, 0.1) is 11.8 Å². The first-order valence-electron chi connectivity index (χ1n) is 9.54. The highest BCUT2D eigenvalue weighted by molar-refractivity contribution is 9.10. The maximum atomic E-state index is 13.7. The molecule has 5 heteroatoms. The van der Waals surface area contributed by atoms with Crippen LogP contribution in [0.3, 0.4) is 0 Å². The van der Waals surface area contributed by atoms with Crippen LogP contribution in [0.15, 0.2) is 77.3 Å². The third-order valence-corrected chi connectivity index (χ3v) is 8.48. The summed E-state index contributed by atoms with van der Waals surface area (Å²) in [6.45, 7) is 0. The van der Waals surface area contributed by atoms with Gasteiger partial charge in [0.1, 0.15) is 0 Å². The van der Waals surface area contributed by atoms with Gasteiger partial charge in [0.2, 0.25) is 11.8 Å². The van der Waals surface area contributed by atoms with Crippen molar-refractivity contribution in [1.82, 2.24) is 0 Å². The Labute approximate surface area is 185 Å². The van der Waals surface area contributed by atoms with Gasteiger partial charge >= 0.3 is 0 Å². The molecule has 0 aromatic heterocycles. The number of anilines is 1. The first-order valence-corrected chi connectivity index (χ1v) is 11.1. The molecule has 1 fully saturated rings. The number of nitrogens with zero attached hydrogens (tertiary/aromatic N) is 1. The molecule has 1 heterocycles. The SMILES string of the molecule is O=C1[C@H]2C3c4ccccc4C(Br)(c4ccccc43)[C@H]2C(=O)N1c1ccc(Br)cc1. The van der Waals surface area contributed by atoms with Crippen molar-refractivity contribution in [2.24, 2.45) is 11.8 Å². The summed E-state index contributed by atoms with van der Waals surface area (Å²) in [7, 11) is 0. The van der Waals surface area contributed by atoms with E-state index in [-0.39, 0.29) is 17.7 Å². The highest BCUT2D eigenvalue weighted by atomic mass is 79.9. The number of alkyl halides is 1. The number of amides is 2. The zero-order valence-electron chi connectivity index (χ0n) is 15.2. The Morgan fingerprint density at radius 2 is 1.31 bits per heavy atom. The van der Waals surface area contributed by atoms with Crippen LogP contribution in [-0.2, 0) is 13.9 Å². The van der Waals surface area contributed by atoms with Crippen molar-refractivity contribution in [1.29, 1.82) is 0 Å². The Kier molecular flexibility index (Phi) is 3.58. The maximum Gasteiger partial charge on any atom is 0.239 e. The van der Waals surface area contributed by atoms with E-state index < -0.39 is 16.2 Å². The summed E-state index contributed by atoms with van der Waals surface area (Å²) >= 11 is 7.44. The number of benzene rings is 3. The maximum absolute atomic E-state index is 13.7. The second-order valence-electron chi connectivity index (χ2n) is 7.86. The molecule has 0 N–H and O–H groups in total. The molecule has 7 rings (SSSR count). The lowest BCUT2D eigenvalue weighted by atomic mass is 9.55.